The van der Waals surface area contributed by atoms with E-state index in [1.807, 2.05) is 0 Å². The Balaban J connectivity index is 3.05. The lowest BCUT2D eigenvalue weighted by Crippen LogP contribution is -2.20. The van der Waals surface area contributed by atoms with Gasteiger partial charge in [-0.2, -0.15) is 13.2 Å². The Bertz CT molecular complexity index is 303. The molecule has 0 aliphatic rings. The van der Waals surface area contributed by atoms with Crippen molar-refractivity contribution < 1.29 is 17.6 Å². The van der Waals surface area contributed by atoms with Crippen molar-refractivity contribution >= 4 is 0 Å². The van der Waals surface area contributed by atoms with Gasteiger partial charge in [0.25, 0.3) is 0 Å². The molecular formula is C9H12F3NO. The van der Waals surface area contributed by atoms with Crippen molar-refractivity contribution in [2.45, 2.75) is 26.1 Å². The summed E-state index contributed by atoms with van der Waals surface area (Å²) >= 11 is 0. The minimum Gasteiger partial charge on any atom is -0.472 e. The molecule has 0 aliphatic heterocycles. The zero-order valence-corrected chi connectivity index (χ0v) is 7.93. The van der Waals surface area contributed by atoms with Crippen LogP contribution in [-0.4, -0.2) is 0 Å². The standard InChI is InChI=1S/C9H12F3NO/c1-5(2)8(13)6-3-14-4-7(6)9(10,11)12/h3-5,8H,13H2,1-2H3/t8-/m0/s1. The molecule has 1 aromatic rings. The van der Waals surface area contributed by atoms with E-state index in [0.29, 0.717) is 6.26 Å². The van der Waals surface area contributed by atoms with Gasteiger partial charge in [-0.25, -0.2) is 0 Å². The van der Waals surface area contributed by atoms with Gasteiger partial charge < -0.3 is 10.2 Å². The third kappa shape index (κ3) is 2.09. The summed E-state index contributed by atoms with van der Waals surface area (Å²) in [6.07, 6.45) is -2.64. The zero-order chi connectivity index (χ0) is 10.9. The first kappa shape index (κ1) is 11.1. The first-order chi connectivity index (χ1) is 6.34. The molecule has 0 spiro atoms. The lowest BCUT2D eigenvalue weighted by molar-refractivity contribution is -0.138. The molecule has 0 amide bonds. The van der Waals surface area contributed by atoms with Crippen LogP contribution in [0.15, 0.2) is 16.9 Å². The van der Waals surface area contributed by atoms with Gasteiger partial charge in [0.15, 0.2) is 0 Å². The highest BCUT2D eigenvalue weighted by Crippen LogP contribution is 2.36. The highest BCUT2D eigenvalue weighted by atomic mass is 19.4. The topological polar surface area (TPSA) is 39.2 Å². The van der Waals surface area contributed by atoms with Crippen molar-refractivity contribution in [1.29, 1.82) is 0 Å². The molecule has 0 fully saturated rings. The second kappa shape index (κ2) is 3.65. The lowest BCUT2D eigenvalue weighted by Gasteiger charge is -2.16. The number of halogens is 3. The van der Waals surface area contributed by atoms with Gasteiger partial charge in [0.2, 0.25) is 0 Å². The third-order valence-corrected chi connectivity index (χ3v) is 2.07. The van der Waals surface area contributed by atoms with Gasteiger partial charge in [0.05, 0.1) is 11.8 Å². The van der Waals surface area contributed by atoms with Crippen LogP contribution in [0.1, 0.15) is 31.0 Å². The molecule has 1 atom stereocenters. The number of rotatable bonds is 2. The Morgan fingerprint density at radius 2 is 1.86 bits per heavy atom. The average molecular weight is 207 g/mol. The van der Waals surface area contributed by atoms with Crippen molar-refractivity contribution in [1.82, 2.24) is 0 Å². The lowest BCUT2D eigenvalue weighted by atomic mass is 9.96. The molecule has 0 radical (unpaired) electrons. The maximum absolute atomic E-state index is 12.4. The number of furan rings is 1. The maximum atomic E-state index is 12.4. The predicted octanol–water partition coefficient (Wildman–Crippen LogP) is 2.95. The Labute approximate surface area is 79.9 Å². The van der Waals surface area contributed by atoms with Gasteiger partial charge in [-0.1, -0.05) is 13.8 Å². The van der Waals surface area contributed by atoms with E-state index in [-0.39, 0.29) is 11.5 Å². The minimum absolute atomic E-state index is 0.0208. The smallest absolute Gasteiger partial charge is 0.419 e. The summed E-state index contributed by atoms with van der Waals surface area (Å²) < 4.78 is 41.7. The van der Waals surface area contributed by atoms with E-state index in [1.165, 1.54) is 0 Å². The van der Waals surface area contributed by atoms with Crippen molar-refractivity contribution in [2.75, 3.05) is 0 Å². The molecule has 1 rings (SSSR count). The van der Waals surface area contributed by atoms with Crippen molar-refractivity contribution in [3.8, 4) is 0 Å². The summed E-state index contributed by atoms with van der Waals surface area (Å²) in [6, 6.07) is -0.648. The third-order valence-electron chi connectivity index (χ3n) is 2.07. The molecule has 0 unspecified atom stereocenters. The highest BCUT2D eigenvalue weighted by Gasteiger charge is 2.36. The fourth-order valence-electron chi connectivity index (χ4n) is 1.15. The van der Waals surface area contributed by atoms with Gasteiger partial charge in [-0.15, -0.1) is 0 Å². The van der Waals surface area contributed by atoms with Crippen molar-refractivity contribution in [2.24, 2.45) is 11.7 Å². The molecule has 0 saturated heterocycles. The Morgan fingerprint density at radius 1 is 1.29 bits per heavy atom. The first-order valence-electron chi connectivity index (χ1n) is 4.23. The number of nitrogens with two attached hydrogens (primary N) is 1. The quantitative estimate of drug-likeness (QED) is 0.809. The average Bonchev–Trinajstić information content (AvgIpc) is 2.48. The van der Waals surface area contributed by atoms with Crippen LogP contribution in [0.25, 0.3) is 0 Å². The van der Waals surface area contributed by atoms with Crippen LogP contribution in [-0.2, 0) is 6.18 Å². The Kier molecular flexibility index (Phi) is 2.89. The van der Waals surface area contributed by atoms with Gasteiger partial charge >= 0.3 is 6.18 Å². The van der Waals surface area contributed by atoms with Crippen LogP contribution in [0.3, 0.4) is 0 Å². The van der Waals surface area contributed by atoms with Crippen LogP contribution in [0.2, 0.25) is 0 Å². The molecule has 80 valence electrons. The molecule has 2 N–H and O–H groups in total. The van der Waals surface area contributed by atoms with Crippen molar-refractivity contribution in [3.63, 3.8) is 0 Å². The molecule has 0 bridgehead atoms. The second-order valence-corrected chi connectivity index (χ2v) is 3.51. The van der Waals surface area contributed by atoms with E-state index in [4.69, 9.17) is 5.73 Å². The summed E-state index contributed by atoms with van der Waals surface area (Å²) in [4.78, 5) is 0. The van der Waals surface area contributed by atoms with Gasteiger partial charge in [-0.3, -0.25) is 0 Å². The number of hydrogen-bond donors (Lipinski definition) is 1. The number of alkyl halides is 3. The monoisotopic (exact) mass is 207 g/mol. The predicted molar refractivity (Wildman–Crippen MR) is 45.5 cm³/mol. The zero-order valence-electron chi connectivity index (χ0n) is 7.93. The summed E-state index contributed by atoms with van der Waals surface area (Å²) in [6.45, 7) is 3.52. The largest absolute Gasteiger partial charge is 0.472 e. The van der Waals surface area contributed by atoms with Crippen LogP contribution in [0.4, 0.5) is 13.2 Å². The molecule has 0 aromatic carbocycles. The van der Waals surface area contributed by atoms with Crippen LogP contribution < -0.4 is 5.73 Å². The molecule has 2 nitrogen and oxygen atoms in total. The fourth-order valence-corrected chi connectivity index (χ4v) is 1.15. The normalized spacial score (nSPS) is 14.8. The second-order valence-electron chi connectivity index (χ2n) is 3.51. The van der Waals surface area contributed by atoms with E-state index in [9.17, 15) is 13.2 Å². The molecule has 14 heavy (non-hydrogen) atoms. The van der Waals surface area contributed by atoms with E-state index in [2.05, 4.69) is 4.42 Å². The van der Waals surface area contributed by atoms with E-state index >= 15 is 0 Å². The molecular weight excluding hydrogens is 195 g/mol. The summed E-state index contributed by atoms with van der Waals surface area (Å²) in [5.41, 5.74) is 4.86. The summed E-state index contributed by atoms with van der Waals surface area (Å²) in [5, 5.41) is 0. The minimum atomic E-state index is -4.39. The number of hydrogen-bond acceptors (Lipinski definition) is 2. The first-order valence-corrected chi connectivity index (χ1v) is 4.23. The van der Waals surface area contributed by atoms with E-state index < -0.39 is 17.8 Å². The summed E-state index contributed by atoms with van der Waals surface area (Å²) in [5.74, 6) is -0.0614. The van der Waals surface area contributed by atoms with Gasteiger partial charge in [0.1, 0.15) is 6.26 Å². The van der Waals surface area contributed by atoms with Crippen LogP contribution in [0, 0.1) is 5.92 Å². The molecule has 1 aromatic heterocycles. The fraction of sp³-hybridized carbons (Fsp3) is 0.556. The van der Waals surface area contributed by atoms with E-state index in [0.717, 1.165) is 6.26 Å². The molecule has 0 aliphatic carbocycles. The maximum Gasteiger partial charge on any atom is 0.419 e. The van der Waals surface area contributed by atoms with E-state index in [1.54, 1.807) is 13.8 Å². The van der Waals surface area contributed by atoms with Crippen molar-refractivity contribution in [3.05, 3.63) is 23.7 Å². The molecule has 0 saturated carbocycles. The summed E-state index contributed by atoms with van der Waals surface area (Å²) in [7, 11) is 0. The van der Waals surface area contributed by atoms with Gasteiger partial charge in [-0.05, 0) is 5.92 Å². The van der Waals surface area contributed by atoms with Crippen LogP contribution >= 0.6 is 0 Å². The highest BCUT2D eigenvalue weighted by molar-refractivity contribution is 5.27. The Hall–Kier alpha value is -0.970. The molecule has 5 heteroatoms. The molecule has 1 heterocycles. The van der Waals surface area contributed by atoms with Gasteiger partial charge in [0, 0.05) is 11.6 Å². The SMILES string of the molecule is CC(C)[C@H](N)c1cocc1C(F)(F)F. The Morgan fingerprint density at radius 3 is 2.29 bits per heavy atom. The van der Waals surface area contributed by atoms with Crippen LogP contribution in [0.5, 0.6) is 0 Å².